The van der Waals surface area contributed by atoms with Crippen LogP contribution in [0.4, 0.5) is 0 Å². The maximum Gasteiger partial charge on any atom is 0.255 e. The van der Waals surface area contributed by atoms with Crippen LogP contribution in [0.2, 0.25) is 0 Å². The smallest absolute Gasteiger partial charge is 0.255 e. The molecule has 0 bridgehead atoms. The first kappa shape index (κ1) is 7.24. The van der Waals surface area contributed by atoms with E-state index in [4.69, 9.17) is 15.3 Å². The molecule has 10 heavy (non-hydrogen) atoms. The molecular weight excluding hydrogens is 136 g/mol. The molecule has 0 fully saturated rings. The topological polar surface area (TPSA) is 77.8 Å². The lowest BCUT2D eigenvalue weighted by Crippen LogP contribution is -2.41. The summed E-state index contributed by atoms with van der Waals surface area (Å²) in [6.07, 6.45) is 1.54. The number of carbonyl (C=O) groups excluding carboxylic acids is 1. The zero-order valence-electron chi connectivity index (χ0n) is 5.24. The molecule has 0 saturated heterocycles. The molecule has 0 aliphatic heterocycles. The Morgan fingerprint density at radius 2 is 2.10 bits per heavy atom. The molecule has 0 saturated carbocycles. The average Bonchev–Trinajstić information content (AvgIpc) is 1.83. The summed E-state index contributed by atoms with van der Waals surface area (Å²) in [6, 6.07) is 0. The molecule has 56 valence electrons. The van der Waals surface area contributed by atoms with Gasteiger partial charge in [-0.05, 0) is 12.5 Å². The first-order valence-electron chi connectivity index (χ1n) is 2.93. The summed E-state index contributed by atoms with van der Waals surface area (Å²) >= 11 is 0. The van der Waals surface area contributed by atoms with Gasteiger partial charge in [0.2, 0.25) is 5.79 Å². The Morgan fingerprint density at radius 1 is 1.50 bits per heavy atom. The Labute approximate surface area is 57.4 Å². The van der Waals surface area contributed by atoms with E-state index in [1.54, 1.807) is 0 Å². The van der Waals surface area contributed by atoms with Crippen molar-refractivity contribution in [2.75, 3.05) is 0 Å². The number of Topliss-reactive ketones (excluding diaryl/α,β-unsaturated/α-hetero) is 1. The molecule has 1 aliphatic rings. The maximum absolute atomic E-state index is 10.6. The molecule has 0 heterocycles. The second-order valence-corrected chi connectivity index (χ2v) is 2.27. The van der Waals surface area contributed by atoms with Crippen LogP contribution in [0.1, 0.15) is 12.8 Å². The van der Waals surface area contributed by atoms with Gasteiger partial charge in [-0.3, -0.25) is 4.79 Å². The van der Waals surface area contributed by atoms with E-state index in [0.717, 1.165) is 0 Å². The van der Waals surface area contributed by atoms with Gasteiger partial charge in [-0.15, -0.1) is 0 Å². The number of aliphatic hydroxyl groups excluding tert-OH is 1. The molecule has 0 spiro atoms. The van der Waals surface area contributed by atoms with Crippen molar-refractivity contribution in [1.29, 1.82) is 0 Å². The largest absolute Gasteiger partial charge is 0.504 e. The highest BCUT2D eigenvalue weighted by molar-refractivity contribution is 5.99. The molecule has 0 radical (unpaired) electrons. The molecule has 0 aromatic rings. The van der Waals surface area contributed by atoms with Crippen LogP contribution in [-0.4, -0.2) is 26.9 Å². The standard InChI is InChI=1S/C6H8O4/c7-4-2-1-3-6(9,10)5(4)8/h2,7,9-10H,1,3H2. The van der Waals surface area contributed by atoms with Gasteiger partial charge in [-0.1, -0.05) is 0 Å². The fourth-order valence-electron chi connectivity index (χ4n) is 0.821. The zero-order chi connectivity index (χ0) is 7.78. The first-order chi connectivity index (χ1) is 4.54. The van der Waals surface area contributed by atoms with Crippen LogP contribution in [0.5, 0.6) is 0 Å². The lowest BCUT2D eigenvalue weighted by atomic mass is 9.98. The van der Waals surface area contributed by atoms with Crippen LogP contribution < -0.4 is 0 Å². The van der Waals surface area contributed by atoms with Gasteiger partial charge >= 0.3 is 0 Å². The first-order valence-corrected chi connectivity index (χ1v) is 2.93. The van der Waals surface area contributed by atoms with E-state index in [1.807, 2.05) is 0 Å². The molecule has 0 aromatic heterocycles. The quantitative estimate of drug-likeness (QED) is 0.399. The lowest BCUT2D eigenvalue weighted by Gasteiger charge is -2.21. The van der Waals surface area contributed by atoms with Crippen molar-refractivity contribution in [3.05, 3.63) is 11.8 Å². The van der Waals surface area contributed by atoms with E-state index in [1.165, 1.54) is 6.08 Å². The second-order valence-electron chi connectivity index (χ2n) is 2.27. The van der Waals surface area contributed by atoms with Crippen molar-refractivity contribution in [1.82, 2.24) is 0 Å². The van der Waals surface area contributed by atoms with Crippen molar-refractivity contribution < 1.29 is 20.1 Å². The third-order valence-corrected chi connectivity index (χ3v) is 1.43. The summed E-state index contributed by atoms with van der Waals surface area (Å²) in [7, 11) is 0. The number of ketones is 1. The van der Waals surface area contributed by atoms with Crippen LogP contribution in [0.15, 0.2) is 11.8 Å². The summed E-state index contributed by atoms with van der Waals surface area (Å²) in [4.78, 5) is 10.6. The number of rotatable bonds is 0. The third-order valence-electron chi connectivity index (χ3n) is 1.43. The highest BCUT2D eigenvalue weighted by atomic mass is 16.5. The predicted molar refractivity (Wildman–Crippen MR) is 32.1 cm³/mol. The lowest BCUT2D eigenvalue weighted by molar-refractivity contribution is -0.184. The van der Waals surface area contributed by atoms with Crippen LogP contribution in [0.3, 0.4) is 0 Å². The Morgan fingerprint density at radius 3 is 2.50 bits per heavy atom. The molecular formula is C6H8O4. The monoisotopic (exact) mass is 144 g/mol. The molecule has 0 atom stereocenters. The number of hydrogen-bond donors (Lipinski definition) is 3. The van der Waals surface area contributed by atoms with Gasteiger partial charge in [0.25, 0.3) is 5.78 Å². The second kappa shape index (κ2) is 2.07. The van der Waals surface area contributed by atoms with Crippen LogP contribution in [0, 0.1) is 0 Å². The van der Waals surface area contributed by atoms with Gasteiger partial charge < -0.3 is 15.3 Å². The Balaban J connectivity index is 2.89. The van der Waals surface area contributed by atoms with Crippen molar-refractivity contribution in [3.8, 4) is 0 Å². The van der Waals surface area contributed by atoms with E-state index in [2.05, 4.69) is 0 Å². The van der Waals surface area contributed by atoms with Crippen molar-refractivity contribution >= 4 is 5.78 Å². The summed E-state index contributed by atoms with van der Waals surface area (Å²) in [5, 5.41) is 26.3. The van der Waals surface area contributed by atoms with Crippen LogP contribution in [0.25, 0.3) is 0 Å². The highest BCUT2D eigenvalue weighted by Gasteiger charge is 2.37. The molecule has 3 N–H and O–H groups in total. The summed E-state index contributed by atoms with van der Waals surface area (Å²) < 4.78 is 0. The van der Waals surface area contributed by atoms with E-state index >= 15 is 0 Å². The summed E-state index contributed by atoms with van der Waals surface area (Å²) in [6.45, 7) is 0. The van der Waals surface area contributed by atoms with E-state index < -0.39 is 17.3 Å². The van der Waals surface area contributed by atoms with Crippen molar-refractivity contribution in [3.63, 3.8) is 0 Å². The zero-order valence-corrected chi connectivity index (χ0v) is 5.24. The highest BCUT2D eigenvalue weighted by Crippen LogP contribution is 2.20. The predicted octanol–water partition coefficient (Wildman–Crippen LogP) is -0.528. The van der Waals surface area contributed by atoms with E-state index in [0.29, 0.717) is 6.42 Å². The maximum atomic E-state index is 10.6. The van der Waals surface area contributed by atoms with E-state index in [-0.39, 0.29) is 6.42 Å². The van der Waals surface area contributed by atoms with Gasteiger partial charge in [0.05, 0.1) is 0 Å². The number of aliphatic hydroxyl groups is 3. The minimum atomic E-state index is -2.35. The molecule has 4 nitrogen and oxygen atoms in total. The Bertz CT molecular complexity index is 192. The average molecular weight is 144 g/mol. The molecule has 0 amide bonds. The Hall–Kier alpha value is -0.870. The van der Waals surface area contributed by atoms with Crippen LogP contribution >= 0.6 is 0 Å². The number of allylic oxidation sites excluding steroid dienone is 1. The molecule has 1 rings (SSSR count). The van der Waals surface area contributed by atoms with Gasteiger partial charge in [0.15, 0.2) is 5.76 Å². The summed E-state index contributed by atoms with van der Waals surface area (Å²) in [5.74, 6) is -3.92. The minimum absolute atomic E-state index is 0.0457. The Kier molecular flexibility index (Phi) is 1.50. The number of hydrogen-bond acceptors (Lipinski definition) is 4. The van der Waals surface area contributed by atoms with Crippen molar-refractivity contribution in [2.24, 2.45) is 0 Å². The molecule has 0 unspecified atom stereocenters. The van der Waals surface area contributed by atoms with E-state index in [9.17, 15) is 4.79 Å². The summed E-state index contributed by atoms with van der Waals surface area (Å²) in [5.41, 5.74) is 0. The number of carbonyl (C=O) groups is 1. The fraction of sp³-hybridized carbons (Fsp3) is 0.500. The molecule has 1 aliphatic carbocycles. The fourth-order valence-corrected chi connectivity index (χ4v) is 0.821. The SMILES string of the molecule is O=C1C(O)=CCCC1(O)O. The van der Waals surface area contributed by atoms with Gasteiger partial charge in [0, 0.05) is 6.42 Å². The van der Waals surface area contributed by atoms with Gasteiger partial charge in [-0.25, -0.2) is 0 Å². The normalized spacial score (nSPS) is 24.2. The molecule has 0 aromatic carbocycles. The third kappa shape index (κ3) is 1.03. The molecule has 4 heteroatoms. The van der Waals surface area contributed by atoms with Gasteiger partial charge in [0.1, 0.15) is 0 Å². The van der Waals surface area contributed by atoms with Crippen molar-refractivity contribution in [2.45, 2.75) is 18.6 Å². The van der Waals surface area contributed by atoms with Gasteiger partial charge in [-0.2, -0.15) is 0 Å². The van der Waals surface area contributed by atoms with Crippen LogP contribution in [-0.2, 0) is 4.79 Å². The minimum Gasteiger partial charge on any atom is -0.504 e.